The first-order valence-electron chi connectivity index (χ1n) is 7.38. The van der Waals surface area contributed by atoms with Gasteiger partial charge in [0, 0.05) is 23.5 Å². The molecule has 0 bridgehead atoms. The fourth-order valence-electron chi connectivity index (χ4n) is 2.06. The minimum absolute atomic E-state index is 0.464. The first kappa shape index (κ1) is 15.8. The third-order valence-corrected chi connectivity index (χ3v) is 3.16. The Labute approximate surface area is 130 Å². The molecule has 0 N–H and O–H groups in total. The molecule has 0 saturated heterocycles. The van der Waals surface area contributed by atoms with Crippen molar-refractivity contribution in [1.29, 1.82) is 0 Å². The maximum absolute atomic E-state index is 13.9. The highest BCUT2D eigenvalue weighted by molar-refractivity contribution is 5.70. The van der Waals surface area contributed by atoms with Gasteiger partial charge in [0.25, 0.3) is 0 Å². The van der Waals surface area contributed by atoms with Crippen LogP contribution in [0.3, 0.4) is 0 Å². The number of pyridine rings is 2. The lowest BCUT2D eigenvalue weighted by Gasteiger charge is -2.06. The van der Waals surface area contributed by atoms with Crippen LogP contribution in [-0.2, 0) is 0 Å². The number of rotatable bonds is 2. The quantitative estimate of drug-likeness (QED) is 0.601. The third kappa shape index (κ3) is 3.55. The predicted molar refractivity (Wildman–Crippen MR) is 88.9 cm³/mol. The number of benzene rings is 1. The van der Waals surface area contributed by atoms with Crippen molar-refractivity contribution in [2.45, 2.75) is 20.8 Å². The SMILES string of the molecule is CC.Cc1ccc(-c2cc(-c3ccccn3)cnc2F)cc1. The molecule has 0 spiro atoms. The molecule has 0 aliphatic carbocycles. The van der Waals surface area contributed by atoms with E-state index in [1.54, 1.807) is 12.3 Å². The molecule has 3 rings (SSSR count). The van der Waals surface area contributed by atoms with E-state index >= 15 is 0 Å². The minimum Gasteiger partial charge on any atom is -0.256 e. The predicted octanol–water partition coefficient (Wildman–Crippen LogP) is 5.28. The van der Waals surface area contributed by atoms with Crippen LogP contribution in [0.1, 0.15) is 19.4 Å². The summed E-state index contributed by atoms with van der Waals surface area (Å²) in [7, 11) is 0. The van der Waals surface area contributed by atoms with Crippen molar-refractivity contribution in [2.75, 3.05) is 0 Å². The highest BCUT2D eigenvalue weighted by Gasteiger charge is 2.09. The van der Waals surface area contributed by atoms with Crippen molar-refractivity contribution >= 4 is 0 Å². The molecule has 2 nitrogen and oxygen atoms in total. The van der Waals surface area contributed by atoms with Gasteiger partial charge in [-0.1, -0.05) is 49.7 Å². The average Bonchev–Trinajstić information content (AvgIpc) is 2.59. The number of nitrogens with zero attached hydrogens (tertiary/aromatic N) is 2. The Morgan fingerprint density at radius 3 is 2.23 bits per heavy atom. The summed E-state index contributed by atoms with van der Waals surface area (Å²) in [6, 6.07) is 15.1. The summed E-state index contributed by atoms with van der Waals surface area (Å²) in [4.78, 5) is 8.11. The summed E-state index contributed by atoms with van der Waals surface area (Å²) >= 11 is 0. The van der Waals surface area contributed by atoms with Gasteiger partial charge in [-0.25, -0.2) is 4.98 Å². The molecule has 0 aliphatic rings. The second kappa shape index (κ2) is 7.46. The van der Waals surface area contributed by atoms with Crippen LogP contribution in [0.25, 0.3) is 22.4 Å². The number of halogens is 1. The molecule has 0 aliphatic heterocycles. The zero-order chi connectivity index (χ0) is 15.9. The van der Waals surface area contributed by atoms with Gasteiger partial charge < -0.3 is 0 Å². The number of aromatic nitrogens is 2. The van der Waals surface area contributed by atoms with E-state index in [1.807, 2.05) is 63.2 Å². The summed E-state index contributed by atoms with van der Waals surface area (Å²) in [5.74, 6) is -0.464. The standard InChI is InChI=1S/C17H13FN2.C2H6/c1-12-5-7-13(8-6-12)15-10-14(11-20-17(15)18)16-4-2-3-9-19-16;1-2/h2-11H,1H3;1-2H3. The Balaban J connectivity index is 0.000000847. The first-order valence-corrected chi connectivity index (χ1v) is 7.38. The van der Waals surface area contributed by atoms with Gasteiger partial charge in [0.05, 0.1) is 5.69 Å². The van der Waals surface area contributed by atoms with E-state index in [0.717, 1.165) is 22.4 Å². The molecule has 0 atom stereocenters. The van der Waals surface area contributed by atoms with Crippen LogP contribution in [0.15, 0.2) is 60.9 Å². The van der Waals surface area contributed by atoms with Gasteiger partial charge in [0.1, 0.15) is 0 Å². The molecule has 3 heteroatoms. The van der Waals surface area contributed by atoms with Gasteiger partial charge in [0.15, 0.2) is 0 Å². The van der Waals surface area contributed by atoms with Gasteiger partial charge in [-0.2, -0.15) is 4.39 Å². The number of aryl methyl sites for hydroxylation is 1. The van der Waals surface area contributed by atoms with Crippen LogP contribution in [0, 0.1) is 12.9 Å². The van der Waals surface area contributed by atoms with Crippen LogP contribution in [-0.4, -0.2) is 9.97 Å². The Bertz CT molecular complexity index is 722. The van der Waals surface area contributed by atoms with Crippen LogP contribution < -0.4 is 0 Å². The second-order valence-electron chi connectivity index (χ2n) is 4.64. The van der Waals surface area contributed by atoms with E-state index in [4.69, 9.17) is 0 Å². The Morgan fingerprint density at radius 2 is 1.59 bits per heavy atom. The summed E-state index contributed by atoms with van der Waals surface area (Å²) in [6.45, 7) is 6.00. The summed E-state index contributed by atoms with van der Waals surface area (Å²) in [5.41, 5.74) is 4.05. The van der Waals surface area contributed by atoms with Crippen molar-refractivity contribution in [3.05, 3.63) is 72.4 Å². The summed E-state index contributed by atoms with van der Waals surface area (Å²) < 4.78 is 13.9. The van der Waals surface area contributed by atoms with Crippen LogP contribution in [0.4, 0.5) is 4.39 Å². The van der Waals surface area contributed by atoms with Crippen LogP contribution in [0.5, 0.6) is 0 Å². The van der Waals surface area contributed by atoms with E-state index in [1.165, 1.54) is 6.20 Å². The highest BCUT2D eigenvalue weighted by Crippen LogP contribution is 2.26. The zero-order valence-corrected chi connectivity index (χ0v) is 13.0. The Morgan fingerprint density at radius 1 is 0.864 bits per heavy atom. The molecule has 0 unspecified atom stereocenters. The second-order valence-corrected chi connectivity index (χ2v) is 4.64. The van der Waals surface area contributed by atoms with Crippen molar-refractivity contribution in [3.63, 3.8) is 0 Å². The van der Waals surface area contributed by atoms with Crippen LogP contribution in [0.2, 0.25) is 0 Å². The fraction of sp³-hybridized carbons (Fsp3) is 0.158. The molecule has 0 fully saturated rings. The molecule has 112 valence electrons. The summed E-state index contributed by atoms with van der Waals surface area (Å²) in [5, 5.41) is 0. The number of hydrogen-bond donors (Lipinski definition) is 0. The zero-order valence-electron chi connectivity index (χ0n) is 13.0. The van der Waals surface area contributed by atoms with E-state index in [-0.39, 0.29) is 0 Å². The van der Waals surface area contributed by atoms with E-state index in [9.17, 15) is 4.39 Å². The largest absolute Gasteiger partial charge is 0.256 e. The van der Waals surface area contributed by atoms with E-state index in [0.29, 0.717) is 5.56 Å². The lowest BCUT2D eigenvalue weighted by Crippen LogP contribution is -1.92. The molecule has 2 aromatic heterocycles. The van der Waals surface area contributed by atoms with Crippen LogP contribution >= 0.6 is 0 Å². The monoisotopic (exact) mass is 294 g/mol. The van der Waals surface area contributed by atoms with E-state index < -0.39 is 5.95 Å². The molecular formula is C19H19FN2. The lowest BCUT2D eigenvalue weighted by molar-refractivity contribution is 0.588. The van der Waals surface area contributed by atoms with Crippen molar-refractivity contribution in [3.8, 4) is 22.4 Å². The molecule has 1 aromatic carbocycles. The maximum Gasteiger partial charge on any atom is 0.220 e. The molecular weight excluding hydrogens is 275 g/mol. The summed E-state index contributed by atoms with van der Waals surface area (Å²) in [6.07, 6.45) is 3.22. The van der Waals surface area contributed by atoms with E-state index in [2.05, 4.69) is 9.97 Å². The minimum atomic E-state index is -0.464. The van der Waals surface area contributed by atoms with Crippen molar-refractivity contribution in [1.82, 2.24) is 9.97 Å². The number of hydrogen-bond acceptors (Lipinski definition) is 2. The molecule has 0 saturated carbocycles. The molecule has 0 radical (unpaired) electrons. The van der Waals surface area contributed by atoms with Gasteiger partial charge in [-0.3, -0.25) is 4.98 Å². The Kier molecular flexibility index (Phi) is 5.37. The normalized spacial score (nSPS) is 9.82. The maximum atomic E-state index is 13.9. The first-order chi connectivity index (χ1) is 10.7. The topological polar surface area (TPSA) is 25.8 Å². The molecule has 2 heterocycles. The third-order valence-electron chi connectivity index (χ3n) is 3.16. The highest BCUT2D eigenvalue weighted by atomic mass is 19.1. The molecule has 3 aromatic rings. The van der Waals surface area contributed by atoms with Crippen molar-refractivity contribution < 1.29 is 4.39 Å². The van der Waals surface area contributed by atoms with Crippen molar-refractivity contribution in [2.24, 2.45) is 0 Å². The lowest BCUT2D eigenvalue weighted by atomic mass is 10.0. The molecule has 22 heavy (non-hydrogen) atoms. The average molecular weight is 294 g/mol. The Hall–Kier alpha value is -2.55. The molecule has 0 amide bonds. The van der Waals surface area contributed by atoms with Gasteiger partial charge >= 0.3 is 0 Å². The smallest absolute Gasteiger partial charge is 0.220 e. The fourth-order valence-corrected chi connectivity index (χ4v) is 2.06. The van der Waals surface area contributed by atoms with Gasteiger partial charge in [-0.05, 0) is 30.7 Å². The van der Waals surface area contributed by atoms with Gasteiger partial charge in [0.2, 0.25) is 5.95 Å². The van der Waals surface area contributed by atoms with Gasteiger partial charge in [-0.15, -0.1) is 0 Å².